The van der Waals surface area contributed by atoms with Crippen molar-refractivity contribution in [1.82, 2.24) is 9.97 Å². The molecule has 0 saturated heterocycles. The number of hydrogen-bond acceptors (Lipinski definition) is 2. The maximum absolute atomic E-state index is 7.21. The van der Waals surface area contributed by atoms with Gasteiger partial charge in [-0.3, -0.25) is 4.98 Å². The van der Waals surface area contributed by atoms with Gasteiger partial charge in [-0.2, -0.15) is 0 Å². The molecule has 1 aromatic rings. The van der Waals surface area contributed by atoms with E-state index in [1.165, 1.54) is 12.7 Å². The molecule has 1 radical (unpaired) electrons. The normalized spacial score (nSPS) is 8.00. The van der Waals surface area contributed by atoms with Gasteiger partial charge in [0.15, 0.2) is 0 Å². The number of nitrogens with one attached hydrogen (secondary N) is 1. The van der Waals surface area contributed by atoms with Crippen molar-refractivity contribution < 1.29 is 20.4 Å². The maximum Gasteiger partial charge on any atom is 0.0396 e. The molecule has 0 aliphatic heterocycles. The van der Waals surface area contributed by atoms with Gasteiger partial charge in [-0.15, -0.1) is 0 Å². The molecule has 0 amide bonds. The van der Waals surface area contributed by atoms with E-state index in [2.05, 4.69) is 23.8 Å². The van der Waals surface area contributed by atoms with Crippen LogP contribution in [0.4, 0.5) is 5.82 Å². The third kappa shape index (κ3) is 5.73. The van der Waals surface area contributed by atoms with Crippen molar-refractivity contribution in [2.45, 2.75) is 34.1 Å². The molecule has 1 aromatic heterocycles. The molecule has 0 saturated carbocycles. The van der Waals surface area contributed by atoms with Gasteiger partial charge < -0.3 is 10.7 Å². The molecule has 1 N–H and O–H groups in total. The number of nitrogens with zero attached hydrogens (tertiary/aromatic N) is 2. The van der Waals surface area contributed by atoms with Crippen LogP contribution in [0, 0.1) is 13.8 Å². The Morgan fingerprint density at radius 1 is 1.23 bits per heavy atom. The van der Waals surface area contributed by atoms with Crippen LogP contribution in [0.25, 0.3) is 5.73 Å². The molecule has 0 spiro atoms. The first-order chi connectivity index (χ1) is 5.63. The van der Waals surface area contributed by atoms with Crippen molar-refractivity contribution in [3.8, 4) is 0 Å². The predicted molar refractivity (Wildman–Crippen MR) is 51.5 cm³/mol. The van der Waals surface area contributed by atoms with E-state index in [4.69, 9.17) is 5.73 Å². The van der Waals surface area contributed by atoms with Gasteiger partial charge in [0, 0.05) is 32.4 Å². The summed E-state index contributed by atoms with van der Waals surface area (Å²) in [6, 6.07) is 0. The number of aryl methyl sites for hydroxylation is 1. The minimum Gasteiger partial charge on any atom is -0.482 e. The van der Waals surface area contributed by atoms with Crippen LogP contribution in [0.5, 0.6) is 0 Å². The van der Waals surface area contributed by atoms with Crippen LogP contribution in [-0.4, -0.2) is 9.97 Å². The predicted octanol–water partition coefficient (Wildman–Crippen LogP) is 3.19. The molecule has 0 bridgehead atoms. The molecule has 0 aliphatic carbocycles. The molecule has 0 aliphatic rings. The Morgan fingerprint density at radius 2 is 1.69 bits per heavy atom. The second kappa shape index (κ2) is 8.15. The van der Waals surface area contributed by atoms with Gasteiger partial charge in [0.1, 0.15) is 0 Å². The summed E-state index contributed by atoms with van der Waals surface area (Å²) in [4.78, 5) is 7.60. The molecule has 1 rings (SSSR count). The van der Waals surface area contributed by atoms with Crippen LogP contribution in [0.15, 0.2) is 6.33 Å². The number of hydrogen-bond donors (Lipinski definition) is 0. The van der Waals surface area contributed by atoms with Crippen LogP contribution in [0.3, 0.4) is 0 Å². The van der Waals surface area contributed by atoms with Gasteiger partial charge in [-0.05, 0) is 19.4 Å². The topological polar surface area (TPSA) is 49.6 Å². The van der Waals surface area contributed by atoms with E-state index in [0.29, 0.717) is 5.82 Å². The average molecular weight is 352 g/mol. The third-order valence-electron chi connectivity index (χ3n) is 1.34. The van der Waals surface area contributed by atoms with Crippen molar-refractivity contribution >= 4 is 5.82 Å². The number of rotatable bonds is 0. The van der Waals surface area contributed by atoms with Gasteiger partial charge in [-0.1, -0.05) is 26.1 Å². The monoisotopic (exact) mass is 353 g/mol. The van der Waals surface area contributed by atoms with Crippen LogP contribution < -0.4 is 0 Å². The zero-order valence-corrected chi connectivity index (χ0v) is 11.3. The summed E-state index contributed by atoms with van der Waals surface area (Å²) in [5, 5.41) is 0. The summed E-state index contributed by atoms with van der Waals surface area (Å²) in [5.74, 6) is 0.322. The average Bonchev–Trinajstić information content (AvgIpc) is 2.02. The van der Waals surface area contributed by atoms with E-state index in [9.17, 15) is 0 Å². The molecule has 0 atom stereocenters. The molecular formula is C9H16N3Re-. The second-order valence-electron chi connectivity index (χ2n) is 2.64. The molecule has 3 nitrogen and oxygen atoms in total. The van der Waals surface area contributed by atoms with Crippen LogP contribution in [0.2, 0.25) is 0 Å². The largest absolute Gasteiger partial charge is 0.482 e. The smallest absolute Gasteiger partial charge is 0.0396 e. The zero-order valence-electron chi connectivity index (χ0n) is 8.56. The number of aromatic nitrogens is 2. The van der Waals surface area contributed by atoms with E-state index in [1.807, 2.05) is 13.8 Å². The summed E-state index contributed by atoms with van der Waals surface area (Å²) >= 11 is 0. The van der Waals surface area contributed by atoms with Gasteiger partial charge >= 0.3 is 0 Å². The molecular weight excluding hydrogens is 336 g/mol. The molecule has 1 heterocycles. The molecule has 13 heavy (non-hydrogen) atoms. The van der Waals surface area contributed by atoms with Crippen molar-refractivity contribution in [1.29, 1.82) is 0 Å². The summed E-state index contributed by atoms with van der Waals surface area (Å²) < 4.78 is 0. The quantitative estimate of drug-likeness (QED) is 0.720. The minimum atomic E-state index is 0. The van der Waals surface area contributed by atoms with Crippen molar-refractivity contribution in [2.75, 3.05) is 0 Å². The third-order valence-corrected chi connectivity index (χ3v) is 1.34. The summed E-state index contributed by atoms with van der Waals surface area (Å²) in [7, 11) is 0. The van der Waals surface area contributed by atoms with Crippen LogP contribution in [0.1, 0.15) is 31.5 Å². The Labute approximate surface area is 93.8 Å². The summed E-state index contributed by atoms with van der Waals surface area (Å²) in [6.07, 6.45) is 2.66. The summed E-state index contributed by atoms with van der Waals surface area (Å²) in [6.45, 7) is 7.96. The Balaban J connectivity index is 0. The van der Waals surface area contributed by atoms with E-state index in [0.717, 1.165) is 11.3 Å². The van der Waals surface area contributed by atoms with Crippen LogP contribution >= 0.6 is 0 Å². The summed E-state index contributed by atoms with van der Waals surface area (Å²) in [5.41, 5.74) is 8.95. The van der Waals surface area contributed by atoms with Crippen molar-refractivity contribution in [3.63, 3.8) is 0 Å². The molecule has 0 aromatic carbocycles. The van der Waals surface area contributed by atoms with Crippen LogP contribution in [-0.2, 0) is 20.4 Å². The van der Waals surface area contributed by atoms with Gasteiger partial charge in [-0.25, -0.2) is 0 Å². The fourth-order valence-electron chi connectivity index (χ4n) is 0.538. The molecule has 0 fully saturated rings. The zero-order chi connectivity index (χ0) is 9.56. The van der Waals surface area contributed by atoms with E-state index in [1.54, 1.807) is 0 Å². The standard InChI is InChI=1S/C6H8N3.C3H8.Re/c1-4-5(2)8-3-9-6(4)7;1-3-2;/h3H,1-2H3,(H-,7,8,9);3H2,1-2H3;/q-1;;. The fourth-order valence-corrected chi connectivity index (χ4v) is 0.538. The minimum absolute atomic E-state index is 0. The van der Waals surface area contributed by atoms with E-state index in [-0.39, 0.29) is 20.4 Å². The van der Waals surface area contributed by atoms with Gasteiger partial charge in [0.05, 0.1) is 0 Å². The van der Waals surface area contributed by atoms with E-state index < -0.39 is 0 Å². The maximum atomic E-state index is 7.21. The van der Waals surface area contributed by atoms with Gasteiger partial charge in [0.2, 0.25) is 0 Å². The fraction of sp³-hybridized carbons (Fsp3) is 0.556. The van der Waals surface area contributed by atoms with Crippen molar-refractivity contribution in [3.05, 3.63) is 23.3 Å². The van der Waals surface area contributed by atoms with Crippen molar-refractivity contribution in [2.24, 2.45) is 0 Å². The Kier molecular flexibility index (Phi) is 9.43. The first kappa shape index (κ1) is 15.0. The van der Waals surface area contributed by atoms with Gasteiger partial charge in [0.25, 0.3) is 0 Å². The Hall–Kier alpha value is -0.458. The second-order valence-corrected chi connectivity index (χ2v) is 2.64. The Bertz CT molecular complexity index is 218. The molecule has 75 valence electrons. The SMILES string of the molecule is CCC.Cc1ncnc([NH-])c1C.[Re]. The first-order valence-corrected chi connectivity index (χ1v) is 4.13. The van der Waals surface area contributed by atoms with E-state index >= 15 is 0 Å². The first-order valence-electron chi connectivity index (χ1n) is 4.13. The Morgan fingerprint density at radius 3 is 2.00 bits per heavy atom. The molecule has 4 heteroatoms. The molecule has 0 unspecified atom stereocenters.